The van der Waals surface area contributed by atoms with Gasteiger partial charge in [-0.25, -0.2) is 8.78 Å². The van der Waals surface area contributed by atoms with Crippen LogP contribution in [0.5, 0.6) is 0 Å². The van der Waals surface area contributed by atoms with E-state index in [9.17, 15) is 8.78 Å². The summed E-state index contributed by atoms with van der Waals surface area (Å²) in [7, 11) is 2.21. The van der Waals surface area contributed by atoms with Crippen molar-refractivity contribution in [3.63, 3.8) is 0 Å². The van der Waals surface area contributed by atoms with Crippen molar-refractivity contribution in [2.75, 3.05) is 27.1 Å². The molecule has 1 aliphatic carbocycles. The summed E-state index contributed by atoms with van der Waals surface area (Å²) >= 11 is 0. The van der Waals surface area contributed by atoms with E-state index in [4.69, 9.17) is 0 Å². The Morgan fingerprint density at radius 1 is 1.30 bits per heavy atom. The number of rotatable bonds is 0. The molecule has 1 nitrogen and oxygen atoms in total. The minimum absolute atomic E-state index is 1.12. The highest BCUT2D eigenvalue weighted by Gasteiger charge is 2.43. The Labute approximate surface area is 60.0 Å². The predicted octanol–water partition coefficient (Wildman–Crippen LogP) is 1.45. The lowest BCUT2D eigenvalue weighted by Crippen LogP contribution is -2.15. The molecular weight excluding hydrogens is 136 g/mol. The molecule has 0 aromatic rings. The molecule has 1 saturated heterocycles. The van der Waals surface area contributed by atoms with Gasteiger partial charge in [-0.15, -0.1) is 0 Å². The van der Waals surface area contributed by atoms with Gasteiger partial charge in [0.15, 0.2) is 0 Å². The van der Waals surface area contributed by atoms with Crippen molar-refractivity contribution in [2.45, 2.75) is 6.42 Å². The van der Waals surface area contributed by atoms with Crippen LogP contribution >= 0.6 is 0 Å². The van der Waals surface area contributed by atoms with Gasteiger partial charge in [-0.3, -0.25) is 0 Å². The summed E-state index contributed by atoms with van der Waals surface area (Å²) in [5.41, 5.74) is 0. The fourth-order valence-corrected chi connectivity index (χ4v) is 1.63. The number of likely N-dealkylation sites (tertiary alicyclic amines) is 1. The zero-order valence-corrected chi connectivity index (χ0v) is 6.19. The van der Waals surface area contributed by atoms with Gasteiger partial charge in [0.05, 0.1) is 0 Å². The Hall–Kier alpha value is -0.180. The van der Waals surface area contributed by atoms with Crippen molar-refractivity contribution in [1.82, 2.24) is 4.90 Å². The van der Waals surface area contributed by atoms with Crippen molar-refractivity contribution in [1.29, 1.82) is 0 Å². The smallest absolute Gasteiger partial charge is 0.229 e. The van der Waals surface area contributed by atoms with Crippen LogP contribution in [-0.2, 0) is 0 Å². The zero-order valence-electron chi connectivity index (χ0n) is 6.19. The van der Waals surface area contributed by atoms with Gasteiger partial charge in [0.25, 0.3) is 0 Å². The second-order valence-electron chi connectivity index (χ2n) is 3.08. The second-order valence-corrected chi connectivity index (χ2v) is 3.08. The maximum absolute atomic E-state index is 9.62. The first kappa shape index (κ1) is 7.92. The maximum atomic E-state index is 9.62. The van der Waals surface area contributed by atoms with Crippen LogP contribution in [0.3, 0.4) is 0 Å². The Balaban J connectivity index is 0.000000148. The fraction of sp³-hybridized carbons (Fsp3) is 1.00. The number of nitrogens with zero attached hydrogens (tertiary/aromatic N) is 1. The molecule has 0 radical (unpaired) electrons. The van der Waals surface area contributed by atoms with E-state index in [2.05, 4.69) is 11.9 Å². The normalized spacial score (nSPS) is 36.3. The van der Waals surface area contributed by atoms with E-state index in [0.29, 0.717) is 0 Å². The highest BCUT2D eigenvalue weighted by molar-refractivity contribution is 4.95. The van der Waals surface area contributed by atoms with E-state index in [0.717, 1.165) is 11.8 Å². The first-order chi connectivity index (χ1) is 4.77. The van der Waals surface area contributed by atoms with Crippen molar-refractivity contribution < 1.29 is 8.78 Å². The van der Waals surface area contributed by atoms with E-state index in [1.54, 1.807) is 0 Å². The molecule has 60 valence electrons. The molecule has 0 aromatic carbocycles. The molecule has 1 aliphatic heterocycles. The molecule has 2 fully saturated rings. The highest BCUT2D eigenvalue weighted by atomic mass is 19.3. The van der Waals surface area contributed by atoms with E-state index >= 15 is 0 Å². The number of fused-ring (bicyclic) bond motifs is 1. The maximum Gasteiger partial charge on any atom is 0.229 e. The zero-order chi connectivity index (χ0) is 7.56. The van der Waals surface area contributed by atoms with Gasteiger partial charge in [-0.05, 0) is 25.3 Å². The van der Waals surface area contributed by atoms with Gasteiger partial charge in [0.2, 0.25) is 6.93 Å². The molecular formula is C7H13F2N. The number of hydrogen-bond donors (Lipinski definition) is 0. The first-order valence-corrected chi connectivity index (χ1v) is 3.58. The standard InChI is InChI=1S/C6H11N.CH2F2/c1-7-3-5-2-6(5)4-7;2-1-3/h5-6H,2-4H2,1H3;1H2. The van der Waals surface area contributed by atoms with Crippen LogP contribution in [0, 0.1) is 11.8 Å². The molecule has 1 heterocycles. The van der Waals surface area contributed by atoms with Crippen LogP contribution in [0.1, 0.15) is 6.42 Å². The summed E-state index contributed by atoms with van der Waals surface area (Å²) in [6.07, 6.45) is 1.53. The van der Waals surface area contributed by atoms with Gasteiger partial charge in [0.1, 0.15) is 0 Å². The van der Waals surface area contributed by atoms with Crippen LogP contribution in [-0.4, -0.2) is 32.0 Å². The average Bonchev–Trinajstić information content (AvgIpc) is 2.42. The van der Waals surface area contributed by atoms with E-state index in [1.807, 2.05) is 0 Å². The molecule has 0 N–H and O–H groups in total. The topological polar surface area (TPSA) is 3.24 Å². The van der Waals surface area contributed by atoms with Gasteiger partial charge >= 0.3 is 0 Å². The molecule has 2 unspecified atom stereocenters. The van der Waals surface area contributed by atoms with Crippen LogP contribution in [0.25, 0.3) is 0 Å². The van der Waals surface area contributed by atoms with Gasteiger partial charge < -0.3 is 4.90 Å². The molecule has 10 heavy (non-hydrogen) atoms. The molecule has 0 spiro atoms. The summed E-state index contributed by atoms with van der Waals surface area (Å²) < 4.78 is 19.2. The van der Waals surface area contributed by atoms with Crippen LogP contribution in [0.2, 0.25) is 0 Å². The first-order valence-electron chi connectivity index (χ1n) is 3.58. The molecule has 2 aliphatic rings. The van der Waals surface area contributed by atoms with Gasteiger partial charge in [-0.2, -0.15) is 0 Å². The predicted molar refractivity (Wildman–Crippen MR) is 36.2 cm³/mol. The Kier molecular flexibility index (Phi) is 2.60. The van der Waals surface area contributed by atoms with Gasteiger partial charge in [-0.1, -0.05) is 0 Å². The van der Waals surface area contributed by atoms with E-state index in [-0.39, 0.29) is 0 Å². The van der Waals surface area contributed by atoms with Crippen molar-refractivity contribution >= 4 is 0 Å². The molecule has 2 atom stereocenters. The van der Waals surface area contributed by atoms with Crippen LogP contribution in [0.15, 0.2) is 0 Å². The summed E-state index contributed by atoms with van der Waals surface area (Å²) in [5.74, 6) is 2.23. The Morgan fingerprint density at radius 3 is 1.90 bits per heavy atom. The number of alkyl halides is 2. The SMILES string of the molecule is CN1CC2CC2C1.FCF. The minimum Gasteiger partial charge on any atom is -0.306 e. The lowest BCUT2D eigenvalue weighted by atomic mass is 10.4. The third kappa shape index (κ3) is 1.90. The molecule has 2 rings (SSSR count). The lowest BCUT2D eigenvalue weighted by molar-refractivity contribution is 0.295. The largest absolute Gasteiger partial charge is 0.306 e. The fourth-order valence-electron chi connectivity index (χ4n) is 1.63. The lowest BCUT2D eigenvalue weighted by Gasteiger charge is -2.06. The Bertz CT molecular complexity index is 97.8. The average molecular weight is 149 g/mol. The van der Waals surface area contributed by atoms with Crippen LogP contribution in [0.4, 0.5) is 8.78 Å². The monoisotopic (exact) mass is 149 g/mol. The summed E-state index contributed by atoms with van der Waals surface area (Å²) in [5, 5.41) is 0. The van der Waals surface area contributed by atoms with E-state index in [1.165, 1.54) is 19.5 Å². The van der Waals surface area contributed by atoms with Crippen molar-refractivity contribution in [2.24, 2.45) is 11.8 Å². The number of hydrogen-bond acceptors (Lipinski definition) is 1. The molecule has 0 aromatic heterocycles. The molecule has 3 heteroatoms. The van der Waals surface area contributed by atoms with E-state index < -0.39 is 6.93 Å². The van der Waals surface area contributed by atoms with Crippen molar-refractivity contribution in [3.8, 4) is 0 Å². The highest BCUT2D eigenvalue weighted by Crippen LogP contribution is 2.43. The molecule has 1 saturated carbocycles. The summed E-state index contributed by atoms with van der Waals surface area (Å²) in [6.45, 7) is 1.01. The Morgan fingerprint density at radius 2 is 1.70 bits per heavy atom. The number of piperidine rings is 1. The third-order valence-corrected chi connectivity index (χ3v) is 2.16. The molecule has 0 amide bonds. The minimum atomic E-state index is -1.75. The summed E-state index contributed by atoms with van der Waals surface area (Å²) in [4.78, 5) is 2.43. The number of halogens is 2. The molecule has 0 bridgehead atoms. The van der Waals surface area contributed by atoms with Crippen LogP contribution < -0.4 is 0 Å². The second kappa shape index (κ2) is 3.28. The summed E-state index contributed by atoms with van der Waals surface area (Å²) in [6, 6.07) is 0. The third-order valence-electron chi connectivity index (χ3n) is 2.16. The van der Waals surface area contributed by atoms with Gasteiger partial charge in [0, 0.05) is 13.1 Å². The van der Waals surface area contributed by atoms with Crippen molar-refractivity contribution in [3.05, 3.63) is 0 Å². The quantitative estimate of drug-likeness (QED) is 0.504.